The highest BCUT2D eigenvalue weighted by molar-refractivity contribution is 5.75. The van der Waals surface area contributed by atoms with Gasteiger partial charge in [-0.1, -0.05) is 62.4 Å². The molecule has 4 nitrogen and oxygen atoms in total. The highest BCUT2D eigenvalue weighted by Gasteiger charge is 2.17. The van der Waals surface area contributed by atoms with E-state index in [1.807, 2.05) is 69.6 Å². The van der Waals surface area contributed by atoms with E-state index in [-0.39, 0.29) is 6.04 Å². The van der Waals surface area contributed by atoms with Crippen molar-refractivity contribution in [1.29, 1.82) is 0 Å². The summed E-state index contributed by atoms with van der Waals surface area (Å²) in [7, 11) is 4.02. The summed E-state index contributed by atoms with van der Waals surface area (Å²) in [6.07, 6.45) is 8.39. The maximum atomic E-state index is 5.36. The number of hydrogen-bond acceptors (Lipinski definition) is 4. The van der Waals surface area contributed by atoms with E-state index < -0.39 is 0 Å². The smallest absolute Gasteiger partial charge is 0.0891 e. The van der Waals surface area contributed by atoms with Crippen molar-refractivity contribution in [2.75, 3.05) is 25.1 Å². The van der Waals surface area contributed by atoms with E-state index in [0.29, 0.717) is 0 Å². The van der Waals surface area contributed by atoms with Crippen LogP contribution in [0.2, 0.25) is 0 Å². The fraction of sp³-hybridized carbons (Fsp3) is 0.192. The lowest BCUT2D eigenvalue weighted by atomic mass is 10.0. The molecule has 3 N–H and O–H groups in total. The summed E-state index contributed by atoms with van der Waals surface area (Å²) in [5, 5.41) is 3.14. The van der Waals surface area contributed by atoms with Crippen LogP contribution in [0.15, 0.2) is 97.3 Å². The average molecular weight is 401 g/mol. The number of allylic oxidation sites excluding steroid dienone is 2. The number of pyridine rings is 1. The number of anilines is 2. The van der Waals surface area contributed by atoms with Crippen molar-refractivity contribution in [2.24, 2.45) is 0 Å². The molecule has 1 aliphatic rings. The second-order valence-corrected chi connectivity index (χ2v) is 6.55. The maximum Gasteiger partial charge on any atom is 0.0891 e. The fourth-order valence-corrected chi connectivity index (χ4v) is 2.98. The van der Waals surface area contributed by atoms with Gasteiger partial charge in [-0.2, -0.15) is 0 Å². The van der Waals surface area contributed by atoms with Gasteiger partial charge >= 0.3 is 0 Å². The van der Waals surface area contributed by atoms with Crippen LogP contribution >= 0.6 is 0 Å². The van der Waals surface area contributed by atoms with Crippen molar-refractivity contribution < 1.29 is 0 Å². The van der Waals surface area contributed by atoms with Crippen LogP contribution in [0.5, 0.6) is 0 Å². The van der Waals surface area contributed by atoms with Crippen molar-refractivity contribution in [2.45, 2.75) is 19.9 Å². The molecule has 0 spiro atoms. The lowest BCUT2D eigenvalue weighted by molar-refractivity contribution is 0.385. The highest BCUT2D eigenvalue weighted by atomic mass is 15.1. The standard InChI is InChI=1S/C18H19N3.C6H7N.C2H6/c1-19-16-9-6-14(7-10-16)15-8-11-18(21(2)13-15)17-5-3-4-12-20-17;7-6-4-2-1-3-5-6;1-2/h3-13,18-19H,1-2H3;1-5H,7H2;1-2H3. The van der Waals surface area contributed by atoms with Gasteiger partial charge in [0.05, 0.1) is 11.7 Å². The van der Waals surface area contributed by atoms with Gasteiger partial charge in [0.25, 0.3) is 0 Å². The summed E-state index contributed by atoms with van der Waals surface area (Å²) in [6.45, 7) is 4.00. The Hall–Kier alpha value is -3.53. The van der Waals surface area contributed by atoms with E-state index in [2.05, 4.69) is 70.9 Å². The van der Waals surface area contributed by atoms with Crippen LogP contribution in [0.3, 0.4) is 0 Å². The van der Waals surface area contributed by atoms with Gasteiger partial charge in [-0.25, -0.2) is 0 Å². The van der Waals surface area contributed by atoms with Crippen LogP contribution < -0.4 is 11.1 Å². The monoisotopic (exact) mass is 400 g/mol. The topological polar surface area (TPSA) is 54.2 Å². The van der Waals surface area contributed by atoms with E-state index in [1.54, 1.807) is 0 Å². The van der Waals surface area contributed by atoms with Crippen molar-refractivity contribution >= 4 is 16.9 Å². The van der Waals surface area contributed by atoms with Crippen LogP contribution in [-0.2, 0) is 0 Å². The summed E-state index contributed by atoms with van der Waals surface area (Å²) in [6, 6.07) is 24.2. The molecule has 156 valence electrons. The number of nitrogens with two attached hydrogens (primary N) is 1. The molecule has 1 unspecified atom stereocenters. The second kappa shape index (κ2) is 12.1. The van der Waals surface area contributed by atoms with Crippen LogP contribution in [0.1, 0.15) is 31.1 Å². The van der Waals surface area contributed by atoms with E-state index in [0.717, 1.165) is 17.1 Å². The van der Waals surface area contributed by atoms with Crippen LogP contribution in [-0.4, -0.2) is 24.0 Å². The molecule has 0 radical (unpaired) electrons. The quantitative estimate of drug-likeness (QED) is 0.529. The molecule has 4 heteroatoms. The Kier molecular flexibility index (Phi) is 9.19. The van der Waals surface area contributed by atoms with Gasteiger partial charge in [0.15, 0.2) is 0 Å². The molecule has 0 bridgehead atoms. The van der Waals surface area contributed by atoms with Gasteiger partial charge in [0, 0.05) is 37.9 Å². The van der Waals surface area contributed by atoms with Crippen molar-refractivity contribution in [3.63, 3.8) is 0 Å². The molecule has 30 heavy (non-hydrogen) atoms. The summed E-state index contributed by atoms with van der Waals surface area (Å²) >= 11 is 0. The summed E-state index contributed by atoms with van der Waals surface area (Å²) < 4.78 is 0. The number of benzene rings is 2. The van der Waals surface area contributed by atoms with Crippen molar-refractivity contribution in [3.8, 4) is 0 Å². The van der Waals surface area contributed by atoms with Gasteiger partial charge in [-0.15, -0.1) is 0 Å². The lowest BCUT2D eigenvalue weighted by Crippen LogP contribution is -2.20. The molecule has 0 fully saturated rings. The van der Waals surface area contributed by atoms with E-state index in [1.165, 1.54) is 11.1 Å². The van der Waals surface area contributed by atoms with Gasteiger partial charge < -0.3 is 16.0 Å². The molecule has 4 rings (SSSR count). The molecule has 2 aromatic carbocycles. The SMILES string of the molecule is CC.CNc1ccc(C2=CN(C)C(c3ccccn3)C=C2)cc1.Nc1ccccc1. The predicted molar refractivity (Wildman–Crippen MR) is 130 cm³/mol. The minimum atomic E-state index is 0.200. The van der Waals surface area contributed by atoms with Crippen LogP contribution in [0.4, 0.5) is 11.4 Å². The molecular formula is C26H32N4. The maximum absolute atomic E-state index is 5.36. The highest BCUT2D eigenvalue weighted by Crippen LogP contribution is 2.29. The number of nitrogens with one attached hydrogen (secondary N) is 1. The Labute approximate surface area is 180 Å². The first-order valence-corrected chi connectivity index (χ1v) is 10.3. The number of hydrogen-bond donors (Lipinski definition) is 2. The summed E-state index contributed by atoms with van der Waals surface area (Å²) in [5.41, 5.74) is 10.8. The molecule has 0 saturated carbocycles. The first-order valence-electron chi connectivity index (χ1n) is 10.3. The number of likely N-dealkylation sites (N-methyl/N-ethyl adjacent to an activating group) is 1. The Bertz CT molecular complexity index is 916. The Morgan fingerprint density at radius 2 is 1.57 bits per heavy atom. The molecule has 1 aliphatic heterocycles. The van der Waals surface area contributed by atoms with Crippen LogP contribution in [0, 0.1) is 0 Å². The fourth-order valence-electron chi connectivity index (χ4n) is 2.98. The average Bonchev–Trinajstić information content (AvgIpc) is 2.82. The molecular weight excluding hydrogens is 368 g/mol. The van der Waals surface area contributed by atoms with Gasteiger partial charge in [-0.05, 0) is 47.5 Å². The molecule has 3 aromatic rings. The van der Waals surface area contributed by atoms with Gasteiger partial charge in [0.2, 0.25) is 0 Å². The number of nitrogens with zero attached hydrogens (tertiary/aromatic N) is 2. The third-order valence-electron chi connectivity index (χ3n) is 4.54. The molecule has 1 atom stereocenters. The van der Waals surface area contributed by atoms with Gasteiger partial charge in [-0.3, -0.25) is 4.98 Å². The number of rotatable bonds is 3. The van der Waals surface area contributed by atoms with Gasteiger partial charge in [0.1, 0.15) is 0 Å². The summed E-state index contributed by atoms with van der Waals surface area (Å²) in [4.78, 5) is 6.64. The predicted octanol–water partition coefficient (Wildman–Crippen LogP) is 6.00. The molecule has 0 aliphatic carbocycles. The zero-order valence-electron chi connectivity index (χ0n) is 18.3. The van der Waals surface area contributed by atoms with Crippen molar-refractivity contribution in [1.82, 2.24) is 9.88 Å². The number of para-hydroxylation sites is 1. The number of nitrogen functional groups attached to an aromatic ring is 1. The first kappa shape index (κ1) is 22.8. The minimum Gasteiger partial charge on any atom is -0.399 e. The Morgan fingerprint density at radius 3 is 2.07 bits per heavy atom. The van der Waals surface area contributed by atoms with E-state index in [4.69, 9.17) is 5.73 Å². The second-order valence-electron chi connectivity index (χ2n) is 6.55. The van der Waals surface area contributed by atoms with Crippen LogP contribution in [0.25, 0.3) is 5.57 Å². The first-order chi connectivity index (χ1) is 14.7. The lowest BCUT2D eigenvalue weighted by Gasteiger charge is -2.28. The molecule has 2 heterocycles. The molecule has 0 saturated heterocycles. The number of aromatic nitrogens is 1. The summed E-state index contributed by atoms with van der Waals surface area (Å²) in [5.74, 6) is 0. The zero-order chi connectivity index (χ0) is 21.8. The minimum absolute atomic E-state index is 0.200. The largest absolute Gasteiger partial charge is 0.399 e. The van der Waals surface area contributed by atoms with E-state index in [9.17, 15) is 0 Å². The molecule has 1 aromatic heterocycles. The zero-order valence-corrected chi connectivity index (χ0v) is 18.3. The molecule has 0 amide bonds. The Morgan fingerprint density at radius 1 is 0.900 bits per heavy atom. The third kappa shape index (κ3) is 6.52. The normalized spacial score (nSPS) is 14.5. The Balaban J connectivity index is 0.000000299. The van der Waals surface area contributed by atoms with Crippen molar-refractivity contribution in [3.05, 3.63) is 109 Å². The third-order valence-corrected chi connectivity index (χ3v) is 4.54. The van der Waals surface area contributed by atoms with E-state index >= 15 is 0 Å².